The van der Waals surface area contributed by atoms with Crippen molar-refractivity contribution in [2.45, 2.75) is 19.4 Å². The molecule has 2 aromatic rings. The van der Waals surface area contributed by atoms with Crippen LogP contribution in [0.3, 0.4) is 0 Å². The number of hydrogen-bond donors (Lipinski definition) is 0. The van der Waals surface area contributed by atoms with Gasteiger partial charge in [0.2, 0.25) is 0 Å². The first-order valence-corrected chi connectivity index (χ1v) is 5.04. The molecular formula is C12H12N2. The molecule has 0 aliphatic carbocycles. The smallest absolute Gasteiger partial charge is 0.140 e. The number of aryl methyl sites for hydroxylation is 2. The highest BCUT2D eigenvalue weighted by molar-refractivity contribution is 5.61. The lowest BCUT2D eigenvalue weighted by Crippen LogP contribution is -1.95. The summed E-state index contributed by atoms with van der Waals surface area (Å²) in [6.07, 6.45) is 6.33. The molecule has 70 valence electrons. The van der Waals surface area contributed by atoms with Gasteiger partial charge in [0.15, 0.2) is 0 Å². The first-order chi connectivity index (χ1) is 6.95. The number of rotatable bonds is 0. The van der Waals surface area contributed by atoms with E-state index in [2.05, 4.69) is 40.0 Å². The molecule has 2 nitrogen and oxygen atoms in total. The van der Waals surface area contributed by atoms with E-state index in [1.54, 1.807) is 0 Å². The molecule has 2 heterocycles. The minimum Gasteiger partial charge on any atom is -0.331 e. The molecule has 3 rings (SSSR count). The van der Waals surface area contributed by atoms with Crippen molar-refractivity contribution in [3.63, 3.8) is 0 Å². The Labute approximate surface area is 83.2 Å². The van der Waals surface area contributed by atoms with Crippen molar-refractivity contribution in [1.82, 2.24) is 9.55 Å². The van der Waals surface area contributed by atoms with Crippen molar-refractivity contribution in [2.24, 2.45) is 0 Å². The van der Waals surface area contributed by atoms with E-state index in [4.69, 9.17) is 0 Å². The molecule has 14 heavy (non-hydrogen) atoms. The van der Waals surface area contributed by atoms with E-state index in [1.165, 1.54) is 24.0 Å². The van der Waals surface area contributed by atoms with Gasteiger partial charge >= 0.3 is 0 Å². The molecule has 0 saturated carbocycles. The maximum absolute atomic E-state index is 4.42. The number of nitrogens with zero attached hydrogens (tertiary/aromatic N) is 2. The van der Waals surface area contributed by atoms with Crippen LogP contribution in [0.15, 0.2) is 36.7 Å². The van der Waals surface area contributed by atoms with E-state index in [9.17, 15) is 0 Å². The van der Waals surface area contributed by atoms with Crippen LogP contribution >= 0.6 is 0 Å². The first-order valence-electron chi connectivity index (χ1n) is 5.04. The third-order valence-corrected chi connectivity index (χ3v) is 2.82. The van der Waals surface area contributed by atoms with Crippen LogP contribution in [0.1, 0.15) is 12.0 Å². The molecule has 1 aliphatic rings. The highest BCUT2D eigenvalue weighted by Gasteiger charge is 2.13. The average Bonchev–Trinajstić information content (AvgIpc) is 2.61. The summed E-state index contributed by atoms with van der Waals surface area (Å²) >= 11 is 0. The molecule has 0 radical (unpaired) electrons. The summed E-state index contributed by atoms with van der Waals surface area (Å²) < 4.78 is 2.24. The minimum atomic E-state index is 1.09. The van der Waals surface area contributed by atoms with E-state index in [0.29, 0.717) is 0 Å². The second-order valence-corrected chi connectivity index (χ2v) is 3.70. The summed E-state index contributed by atoms with van der Waals surface area (Å²) in [5.41, 5.74) is 2.73. The molecule has 0 spiro atoms. The van der Waals surface area contributed by atoms with Crippen LogP contribution in [-0.4, -0.2) is 9.55 Å². The summed E-state index contributed by atoms with van der Waals surface area (Å²) in [6.45, 7) is 1.09. The second kappa shape index (κ2) is 2.98. The molecule has 0 atom stereocenters. The lowest BCUT2D eigenvalue weighted by molar-refractivity contribution is 0.661. The first kappa shape index (κ1) is 7.80. The fourth-order valence-electron chi connectivity index (χ4n) is 2.13. The minimum absolute atomic E-state index is 1.09. The maximum Gasteiger partial charge on any atom is 0.140 e. The Balaban J connectivity index is 2.27. The fraction of sp³-hybridized carbons (Fsp3) is 0.250. The lowest BCUT2D eigenvalue weighted by atomic mass is 10.0. The molecule has 0 unspecified atom stereocenters. The summed E-state index contributed by atoms with van der Waals surface area (Å²) in [5.74, 6) is 1.12. The van der Waals surface area contributed by atoms with Gasteiger partial charge in [-0.2, -0.15) is 0 Å². The van der Waals surface area contributed by atoms with Gasteiger partial charge < -0.3 is 4.57 Å². The van der Waals surface area contributed by atoms with Gasteiger partial charge in [0.25, 0.3) is 0 Å². The Morgan fingerprint density at radius 3 is 3.14 bits per heavy atom. The van der Waals surface area contributed by atoms with Crippen LogP contribution in [0.5, 0.6) is 0 Å². The van der Waals surface area contributed by atoms with Crippen LogP contribution in [0, 0.1) is 0 Å². The zero-order valence-corrected chi connectivity index (χ0v) is 7.98. The van der Waals surface area contributed by atoms with Crippen LogP contribution in [-0.2, 0) is 13.0 Å². The van der Waals surface area contributed by atoms with E-state index in [1.807, 2.05) is 6.20 Å². The van der Waals surface area contributed by atoms with Crippen molar-refractivity contribution in [3.05, 3.63) is 42.2 Å². The van der Waals surface area contributed by atoms with Crippen LogP contribution < -0.4 is 0 Å². The third-order valence-electron chi connectivity index (χ3n) is 2.82. The molecule has 2 heteroatoms. The van der Waals surface area contributed by atoms with Gasteiger partial charge in [-0.05, 0) is 18.4 Å². The van der Waals surface area contributed by atoms with E-state index >= 15 is 0 Å². The summed E-state index contributed by atoms with van der Waals surface area (Å²) in [4.78, 5) is 4.42. The third kappa shape index (κ3) is 1.07. The Bertz CT molecular complexity index is 457. The quantitative estimate of drug-likeness (QED) is 0.615. The normalized spacial score (nSPS) is 14.3. The molecule has 0 N–H and O–H groups in total. The van der Waals surface area contributed by atoms with Gasteiger partial charge in [0.05, 0.1) is 0 Å². The van der Waals surface area contributed by atoms with Crippen molar-refractivity contribution in [3.8, 4) is 11.4 Å². The molecule has 0 bridgehead atoms. The van der Waals surface area contributed by atoms with Gasteiger partial charge in [-0.25, -0.2) is 4.98 Å². The maximum atomic E-state index is 4.42. The number of benzene rings is 1. The van der Waals surface area contributed by atoms with Gasteiger partial charge in [-0.15, -0.1) is 0 Å². The molecular weight excluding hydrogens is 172 g/mol. The monoisotopic (exact) mass is 184 g/mol. The van der Waals surface area contributed by atoms with E-state index in [0.717, 1.165) is 12.4 Å². The topological polar surface area (TPSA) is 17.8 Å². The predicted octanol–water partition coefficient (Wildman–Crippen LogP) is 2.50. The summed E-state index contributed by atoms with van der Waals surface area (Å²) in [5, 5.41) is 0. The van der Waals surface area contributed by atoms with Crippen molar-refractivity contribution in [1.29, 1.82) is 0 Å². The van der Waals surface area contributed by atoms with Crippen molar-refractivity contribution < 1.29 is 0 Å². The molecule has 0 amide bonds. The van der Waals surface area contributed by atoms with Crippen molar-refractivity contribution in [2.75, 3.05) is 0 Å². The number of hydrogen-bond acceptors (Lipinski definition) is 1. The highest BCUT2D eigenvalue weighted by Crippen LogP contribution is 2.26. The Morgan fingerprint density at radius 1 is 1.21 bits per heavy atom. The van der Waals surface area contributed by atoms with E-state index < -0.39 is 0 Å². The highest BCUT2D eigenvalue weighted by atomic mass is 15.1. The Morgan fingerprint density at radius 2 is 2.14 bits per heavy atom. The Hall–Kier alpha value is -1.57. The van der Waals surface area contributed by atoms with Crippen LogP contribution in [0.4, 0.5) is 0 Å². The molecule has 1 aromatic carbocycles. The molecule has 1 aliphatic heterocycles. The zero-order chi connectivity index (χ0) is 9.38. The van der Waals surface area contributed by atoms with Crippen LogP contribution in [0.25, 0.3) is 11.4 Å². The summed E-state index contributed by atoms with van der Waals surface area (Å²) in [7, 11) is 0. The standard InChI is InChI=1S/C12H12N2/c1-2-6-11-10(4-1)5-3-8-14-9-7-13-12(11)14/h1-2,4,6-7,9H,3,5,8H2. The van der Waals surface area contributed by atoms with Crippen molar-refractivity contribution >= 4 is 0 Å². The largest absolute Gasteiger partial charge is 0.331 e. The predicted molar refractivity (Wildman–Crippen MR) is 56.0 cm³/mol. The Kier molecular flexibility index (Phi) is 1.66. The molecule has 1 aromatic heterocycles. The van der Waals surface area contributed by atoms with E-state index in [-0.39, 0.29) is 0 Å². The SMILES string of the molecule is c1ccc2c(c1)CCCn1ccnc1-2. The number of aromatic nitrogens is 2. The summed E-state index contributed by atoms with van der Waals surface area (Å²) in [6, 6.07) is 8.57. The van der Waals surface area contributed by atoms with Crippen LogP contribution in [0.2, 0.25) is 0 Å². The van der Waals surface area contributed by atoms with Gasteiger partial charge in [0, 0.05) is 24.5 Å². The fourth-order valence-corrected chi connectivity index (χ4v) is 2.13. The van der Waals surface area contributed by atoms with Gasteiger partial charge in [-0.3, -0.25) is 0 Å². The number of fused-ring (bicyclic) bond motifs is 3. The molecule has 0 fully saturated rings. The molecule has 0 saturated heterocycles. The lowest BCUT2D eigenvalue weighted by Gasteiger charge is -2.04. The van der Waals surface area contributed by atoms with Gasteiger partial charge in [-0.1, -0.05) is 24.3 Å². The van der Waals surface area contributed by atoms with Gasteiger partial charge in [0.1, 0.15) is 5.82 Å². The average molecular weight is 184 g/mol. The number of imidazole rings is 1. The zero-order valence-electron chi connectivity index (χ0n) is 7.98. The second-order valence-electron chi connectivity index (χ2n) is 3.70.